The van der Waals surface area contributed by atoms with Crippen LogP contribution in [0.2, 0.25) is 0 Å². The second kappa shape index (κ2) is 6.98. The highest BCUT2D eigenvalue weighted by molar-refractivity contribution is 5.89. The number of hydrogen-bond acceptors (Lipinski definition) is 5. The first-order valence-electron chi connectivity index (χ1n) is 5.86. The summed E-state index contributed by atoms with van der Waals surface area (Å²) in [5.74, 6) is -0.425. The number of aromatic hydroxyl groups is 1. The van der Waals surface area contributed by atoms with E-state index in [0.717, 1.165) is 0 Å². The fourth-order valence-corrected chi connectivity index (χ4v) is 1.28. The molecule has 5 heteroatoms. The number of esters is 1. The van der Waals surface area contributed by atoms with Gasteiger partial charge < -0.3 is 20.3 Å². The molecule has 0 aromatic heterocycles. The highest BCUT2D eigenvalue weighted by Crippen LogP contribution is 2.10. The van der Waals surface area contributed by atoms with Crippen LogP contribution in [0.4, 0.5) is 0 Å². The van der Waals surface area contributed by atoms with E-state index in [1.165, 1.54) is 24.3 Å². The highest BCUT2D eigenvalue weighted by Gasteiger charge is 2.11. The van der Waals surface area contributed by atoms with Gasteiger partial charge in [-0.15, -0.1) is 0 Å². The summed E-state index contributed by atoms with van der Waals surface area (Å²) in [6, 6.07) is 6.03. The van der Waals surface area contributed by atoms with Crippen LogP contribution >= 0.6 is 0 Å². The smallest absolute Gasteiger partial charge is 0.338 e. The molecule has 0 saturated carbocycles. The first-order chi connectivity index (χ1) is 8.49. The van der Waals surface area contributed by atoms with Crippen molar-refractivity contribution in [3.8, 4) is 5.75 Å². The number of benzene rings is 1. The zero-order valence-electron chi connectivity index (χ0n) is 10.6. The quantitative estimate of drug-likeness (QED) is 0.657. The average molecular weight is 253 g/mol. The van der Waals surface area contributed by atoms with E-state index in [0.29, 0.717) is 12.1 Å². The maximum absolute atomic E-state index is 11.6. The lowest BCUT2D eigenvalue weighted by molar-refractivity contribution is 0.0256. The first kappa shape index (κ1) is 14.5. The van der Waals surface area contributed by atoms with Crippen LogP contribution in [0.15, 0.2) is 24.3 Å². The summed E-state index contributed by atoms with van der Waals surface area (Å²) in [7, 11) is 0. The number of ether oxygens (including phenoxy) is 1. The van der Waals surface area contributed by atoms with Crippen molar-refractivity contribution in [1.29, 1.82) is 0 Å². The van der Waals surface area contributed by atoms with Gasteiger partial charge >= 0.3 is 5.97 Å². The minimum atomic E-state index is -0.728. The van der Waals surface area contributed by atoms with Crippen LogP contribution in [0.5, 0.6) is 5.75 Å². The molecule has 1 rings (SSSR count). The molecule has 0 aliphatic heterocycles. The number of carbonyl (C=O) groups is 1. The Morgan fingerprint density at radius 3 is 2.50 bits per heavy atom. The highest BCUT2D eigenvalue weighted by atomic mass is 16.5. The molecule has 0 amide bonds. The van der Waals surface area contributed by atoms with E-state index in [4.69, 9.17) is 9.84 Å². The lowest BCUT2D eigenvalue weighted by Gasteiger charge is -2.14. The molecule has 0 aliphatic carbocycles. The monoisotopic (exact) mass is 253 g/mol. The van der Waals surface area contributed by atoms with Gasteiger partial charge in [0.25, 0.3) is 0 Å². The fourth-order valence-electron chi connectivity index (χ4n) is 1.28. The predicted molar refractivity (Wildman–Crippen MR) is 67.5 cm³/mol. The van der Waals surface area contributed by atoms with E-state index < -0.39 is 12.1 Å². The first-order valence-corrected chi connectivity index (χ1v) is 5.86. The standard InChI is InChI=1S/C13H19NO4/c1-9(2)14-7-12(16)8-18-13(17)10-3-5-11(15)6-4-10/h3-6,9,12,14-16H,7-8H2,1-2H3/t12-/m1/s1. The average Bonchev–Trinajstić information content (AvgIpc) is 2.34. The van der Waals surface area contributed by atoms with Crippen molar-refractivity contribution in [2.45, 2.75) is 26.0 Å². The zero-order valence-corrected chi connectivity index (χ0v) is 10.6. The molecule has 5 nitrogen and oxygen atoms in total. The number of phenolic OH excluding ortho intramolecular Hbond substituents is 1. The van der Waals surface area contributed by atoms with Crippen LogP contribution in [0, 0.1) is 0 Å². The van der Waals surface area contributed by atoms with E-state index in [9.17, 15) is 9.90 Å². The minimum Gasteiger partial charge on any atom is -0.508 e. The zero-order chi connectivity index (χ0) is 13.5. The summed E-state index contributed by atoms with van der Waals surface area (Å²) in [6.45, 7) is 4.25. The summed E-state index contributed by atoms with van der Waals surface area (Å²) in [6.07, 6.45) is -0.728. The second-order valence-electron chi connectivity index (χ2n) is 4.36. The number of hydrogen-bond donors (Lipinski definition) is 3. The molecule has 3 N–H and O–H groups in total. The second-order valence-corrected chi connectivity index (χ2v) is 4.36. The van der Waals surface area contributed by atoms with Gasteiger partial charge in [-0.2, -0.15) is 0 Å². The van der Waals surface area contributed by atoms with Crippen molar-refractivity contribution in [1.82, 2.24) is 5.32 Å². The van der Waals surface area contributed by atoms with E-state index in [-0.39, 0.29) is 18.4 Å². The lowest BCUT2D eigenvalue weighted by Crippen LogP contribution is -2.35. The molecule has 0 radical (unpaired) electrons. The van der Waals surface area contributed by atoms with E-state index in [2.05, 4.69) is 5.32 Å². The van der Waals surface area contributed by atoms with Gasteiger partial charge in [-0.1, -0.05) is 13.8 Å². The van der Waals surface area contributed by atoms with Gasteiger partial charge in [0.05, 0.1) is 5.56 Å². The van der Waals surface area contributed by atoms with Crippen molar-refractivity contribution < 1.29 is 19.7 Å². The van der Waals surface area contributed by atoms with Crippen LogP contribution in [-0.2, 0) is 4.74 Å². The van der Waals surface area contributed by atoms with E-state index >= 15 is 0 Å². The molecular weight excluding hydrogens is 234 g/mol. The van der Waals surface area contributed by atoms with Crippen molar-refractivity contribution in [2.75, 3.05) is 13.2 Å². The van der Waals surface area contributed by atoms with Crippen LogP contribution < -0.4 is 5.32 Å². The van der Waals surface area contributed by atoms with Gasteiger partial charge in [-0.05, 0) is 24.3 Å². The minimum absolute atomic E-state index is 0.0561. The molecule has 0 unspecified atom stereocenters. The van der Waals surface area contributed by atoms with Crippen LogP contribution in [0.1, 0.15) is 24.2 Å². The van der Waals surface area contributed by atoms with Crippen molar-refractivity contribution in [3.63, 3.8) is 0 Å². The number of aliphatic hydroxyl groups is 1. The van der Waals surface area contributed by atoms with Gasteiger partial charge in [-0.25, -0.2) is 4.79 Å². The molecule has 0 spiro atoms. The Balaban J connectivity index is 2.34. The van der Waals surface area contributed by atoms with Crippen molar-refractivity contribution in [2.24, 2.45) is 0 Å². The Morgan fingerprint density at radius 2 is 1.94 bits per heavy atom. The molecule has 0 saturated heterocycles. The van der Waals surface area contributed by atoms with Crippen LogP contribution in [0.25, 0.3) is 0 Å². The molecule has 1 aromatic carbocycles. The van der Waals surface area contributed by atoms with Crippen LogP contribution in [-0.4, -0.2) is 41.5 Å². The Hall–Kier alpha value is -1.59. The third-order valence-corrected chi connectivity index (χ3v) is 2.27. The Kier molecular flexibility index (Phi) is 5.61. The number of nitrogens with one attached hydrogen (secondary N) is 1. The summed E-state index contributed by atoms with van der Waals surface area (Å²) in [5, 5.41) is 21.7. The molecule has 1 aromatic rings. The van der Waals surface area contributed by atoms with Gasteiger partial charge in [0.1, 0.15) is 18.5 Å². The Labute approximate surface area is 106 Å². The SMILES string of the molecule is CC(C)NC[C@@H](O)COC(=O)c1ccc(O)cc1. The van der Waals surface area contributed by atoms with Gasteiger partial charge in [-0.3, -0.25) is 0 Å². The summed E-state index contributed by atoms with van der Waals surface area (Å²) >= 11 is 0. The molecule has 0 bridgehead atoms. The molecule has 0 aliphatic rings. The van der Waals surface area contributed by atoms with E-state index in [1.807, 2.05) is 13.8 Å². The van der Waals surface area contributed by atoms with Gasteiger partial charge in [0.15, 0.2) is 0 Å². The number of aliphatic hydroxyl groups excluding tert-OH is 1. The topological polar surface area (TPSA) is 78.8 Å². The van der Waals surface area contributed by atoms with Crippen LogP contribution in [0.3, 0.4) is 0 Å². The third kappa shape index (κ3) is 5.16. The maximum Gasteiger partial charge on any atom is 0.338 e. The normalized spacial score (nSPS) is 12.4. The summed E-state index contributed by atoms with van der Waals surface area (Å²) < 4.78 is 4.95. The Morgan fingerprint density at radius 1 is 1.33 bits per heavy atom. The predicted octanol–water partition coefficient (Wildman–Crippen LogP) is 0.908. The lowest BCUT2D eigenvalue weighted by atomic mass is 10.2. The molecule has 100 valence electrons. The maximum atomic E-state index is 11.6. The van der Waals surface area contributed by atoms with Gasteiger partial charge in [0.2, 0.25) is 0 Å². The molecule has 0 heterocycles. The molecule has 18 heavy (non-hydrogen) atoms. The largest absolute Gasteiger partial charge is 0.508 e. The number of rotatable bonds is 6. The molecule has 0 fully saturated rings. The molecule has 1 atom stereocenters. The summed E-state index contributed by atoms with van der Waals surface area (Å²) in [4.78, 5) is 11.6. The van der Waals surface area contributed by atoms with Gasteiger partial charge in [0, 0.05) is 12.6 Å². The Bertz CT molecular complexity index is 375. The van der Waals surface area contributed by atoms with Crippen molar-refractivity contribution >= 4 is 5.97 Å². The third-order valence-electron chi connectivity index (χ3n) is 2.27. The summed E-state index contributed by atoms with van der Waals surface area (Å²) in [5.41, 5.74) is 0.344. The molecular formula is C13H19NO4. The van der Waals surface area contributed by atoms with E-state index in [1.54, 1.807) is 0 Å². The van der Waals surface area contributed by atoms with Crippen molar-refractivity contribution in [3.05, 3.63) is 29.8 Å². The number of phenols is 1. The number of carbonyl (C=O) groups excluding carboxylic acids is 1. The fraction of sp³-hybridized carbons (Fsp3) is 0.462.